The molecule has 2 N–H and O–H groups in total. The van der Waals surface area contributed by atoms with Crippen LogP contribution in [-0.2, 0) is 40.5 Å². The lowest BCUT2D eigenvalue weighted by atomic mass is 9.83. The Kier molecular flexibility index (Phi) is 12.8. The van der Waals surface area contributed by atoms with E-state index in [1.807, 2.05) is 48.6 Å². The molecule has 2 aromatic rings. The lowest BCUT2D eigenvalue weighted by Gasteiger charge is -2.27. The van der Waals surface area contributed by atoms with Gasteiger partial charge in [0.25, 0.3) is 0 Å². The van der Waals surface area contributed by atoms with Crippen molar-refractivity contribution >= 4 is 49.5 Å². The highest BCUT2D eigenvalue weighted by atomic mass is 32.2. The molecular weight excluding hydrogens is 737 g/mol. The molecule has 1 fully saturated rings. The van der Waals surface area contributed by atoms with Gasteiger partial charge in [0.15, 0.2) is 7.05 Å². The van der Waals surface area contributed by atoms with Crippen LogP contribution in [0.3, 0.4) is 0 Å². The number of nitrogens with two attached hydrogens (primary N) is 1. The van der Waals surface area contributed by atoms with Crippen LogP contribution in [0.25, 0.3) is 0 Å². The SMILES string of the molecule is C\[N+](=C1C(=C/C=C2/N(CCCCSOO[O-])c3ccccc3C2(C)C)CCC/1=C\C=C1\N(CCCCS(=O)(=O)[O-])c2ccccc2C1(C)C)S(N)(=O)=O. The van der Waals surface area contributed by atoms with E-state index in [4.69, 9.17) is 5.14 Å². The molecule has 2 aliphatic heterocycles. The van der Waals surface area contributed by atoms with E-state index in [0.717, 1.165) is 74.9 Å². The predicted molar refractivity (Wildman–Crippen MR) is 207 cm³/mol. The average molecular weight is 786 g/mol. The minimum atomic E-state index is -4.30. The normalized spacial score (nSPS) is 22.0. The molecule has 2 aromatic carbocycles. The Morgan fingerprint density at radius 3 is 1.72 bits per heavy atom. The Hall–Kier alpha value is -3.28. The zero-order chi connectivity index (χ0) is 38.6. The first kappa shape index (κ1) is 40.9. The molecule has 12 nitrogen and oxygen atoms in total. The highest BCUT2D eigenvalue weighted by Crippen LogP contribution is 2.49. The second kappa shape index (κ2) is 16.6. The molecule has 0 aromatic heterocycles. The molecule has 2 heterocycles. The summed E-state index contributed by atoms with van der Waals surface area (Å²) in [6, 6.07) is 16.4. The third-order valence-electron chi connectivity index (χ3n) is 10.4. The van der Waals surface area contributed by atoms with Crippen LogP contribution in [0.2, 0.25) is 0 Å². The van der Waals surface area contributed by atoms with Crippen molar-refractivity contribution in [2.45, 2.75) is 77.0 Å². The standard InChI is InChI=1S/C38H50N4O8S3/c1-37(2)30-14-6-8-16-32(30)41(24-10-12-26-51-50-49-43)34(37)22-20-28-18-19-29(36(28)40(5)53(39,47)48)21-23-35-38(3,4)31-15-7-9-17-33(31)42(35)25-11-13-27-52(44,45)46/h6-9,14-17,20-23H,10-13,18-19,24-27H2,1-5H3,(H3-,39,43,44,45,46,47,48)/p-1. The van der Waals surface area contributed by atoms with Gasteiger partial charge in [-0.1, -0.05) is 76.2 Å². The molecule has 288 valence electrons. The van der Waals surface area contributed by atoms with Gasteiger partial charge in [-0.15, -0.1) is 12.4 Å². The molecule has 53 heavy (non-hydrogen) atoms. The van der Waals surface area contributed by atoms with Crippen LogP contribution >= 0.6 is 12.0 Å². The second-order valence-electron chi connectivity index (χ2n) is 14.6. The summed E-state index contributed by atoms with van der Waals surface area (Å²) in [5.41, 5.74) is 8.04. The fourth-order valence-corrected chi connectivity index (χ4v) is 9.20. The molecule has 3 aliphatic rings. The Bertz CT molecular complexity index is 2070. The number of hydrogen-bond donors (Lipinski definition) is 1. The zero-order valence-electron chi connectivity index (χ0n) is 30.9. The molecule has 0 bridgehead atoms. The lowest BCUT2D eigenvalue weighted by molar-refractivity contribution is -0.777. The van der Waals surface area contributed by atoms with Gasteiger partial charge in [-0.25, -0.2) is 8.42 Å². The van der Waals surface area contributed by atoms with E-state index in [1.54, 1.807) is 0 Å². The first-order valence-corrected chi connectivity index (χ1v) is 21.7. The van der Waals surface area contributed by atoms with Gasteiger partial charge in [0, 0.05) is 81.4 Å². The number of fused-ring (bicyclic) bond motifs is 2. The fraction of sp³-hybridized carbons (Fsp3) is 0.447. The maximum absolute atomic E-state index is 12.8. The van der Waals surface area contributed by atoms with E-state index in [9.17, 15) is 26.6 Å². The molecule has 0 atom stereocenters. The van der Waals surface area contributed by atoms with Crippen LogP contribution in [0.1, 0.15) is 77.3 Å². The minimum Gasteiger partial charge on any atom is -0.748 e. The number of para-hydroxylation sites is 2. The number of allylic oxidation sites excluding steroid dienone is 8. The number of anilines is 2. The van der Waals surface area contributed by atoms with Crippen molar-refractivity contribution in [2.24, 2.45) is 5.14 Å². The maximum Gasteiger partial charge on any atom is 0.437 e. The van der Waals surface area contributed by atoms with Crippen molar-refractivity contribution < 1.29 is 40.0 Å². The molecule has 0 radical (unpaired) electrons. The Morgan fingerprint density at radius 2 is 1.26 bits per heavy atom. The van der Waals surface area contributed by atoms with Gasteiger partial charge >= 0.3 is 10.2 Å². The van der Waals surface area contributed by atoms with Crippen LogP contribution in [0.5, 0.6) is 0 Å². The highest BCUT2D eigenvalue weighted by molar-refractivity contribution is 7.94. The van der Waals surface area contributed by atoms with Crippen molar-refractivity contribution in [1.29, 1.82) is 0 Å². The summed E-state index contributed by atoms with van der Waals surface area (Å²) in [5.74, 6) is 0.202. The van der Waals surface area contributed by atoms with E-state index >= 15 is 0 Å². The molecule has 0 saturated heterocycles. The number of nitrogens with zero attached hydrogens (tertiary/aromatic N) is 3. The molecule has 0 spiro atoms. The first-order valence-electron chi connectivity index (χ1n) is 17.7. The molecule has 15 heteroatoms. The monoisotopic (exact) mass is 785 g/mol. The van der Waals surface area contributed by atoms with E-state index in [1.165, 1.54) is 12.6 Å². The van der Waals surface area contributed by atoms with Crippen molar-refractivity contribution in [3.05, 3.63) is 107 Å². The molecular formula is C38H49N4O8S3-. The number of rotatable bonds is 15. The van der Waals surface area contributed by atoms with Gasteiger partial charge in [-0.3, -0.25) is 5.04 Å². The van der Waals surface area contributed by atoms with E-state index in [-0.39, 0.29) is 11.8 Å². The number of hydrogen-bond acceptors (Lipinski definition) is 11. The van der Waals surface area contributed by atoms with Crippen LogP contribution < -0.4 is 20.2 Å². The summed E-state index contributed by atoms with van der Waals surface area (Å²) in [7, 11) is -6.92. The summed E-state index contributed by atoms with van der Waals surface area (Å²) in [6.07, 6.45) is 11.7. The minimum absolute atomic E-state index is 0.255. The molecule has 1 saturated carbocycles. The van der Waals surface area contributed by atoms with Crippen LogP contribution in [0, 0.1) is 0 Å². The maximum atomic E-state index is 12.8. The van der Waals surface area contributed by atoms with Crippen molar-refractivity contribution in [3.63, 3.8) is 0 Å². The van der Waals surface area contributed by atoms with Crippen molar-refractivity contribution in [1.82, 2.24) is 0 Å². The van der Waals surface area contributed by atoms with Crippen LogP contribution in [-0.4, -0.2) is 62.7 Å². The van der Waals surface area contributed by atoms with Crippen LogP contribution in [0.15, 0.2) is 95.4 Å². The lowest BCUT2D eigenvalue weighted by Crippen LogP contribution is -2.31. The van der Waals surface area contributed by atoms with E-state index in [0.29, 0.717) is 37.3 Å². The molecule has 1 aliphatic carbocycles. The molecule has 5 rings (SSSR count). The quantitative estimate of drug-likeness (QED) is 0.0625. The summed E-state index contributed by atoms with van der Waals surface area (Å²) < 4.78 is 65.0. The van der Waals surface area contributed by atoms with Gasteiger partial charge in [0.2, 0.25) is 5.71 Å². The molecule has 0 unspecified atom stereocenters. The Morgan fingerprint density at radius 1 is 0.792 bits per heavy atom. The Labute approximate surface area is 318 Å². The largest absolute Gasteiger partial charge is 0.748 e. The predicted octanol–water partition coefficient (Wildman–Crippen LogP) is 5.26. The van der Waals surface area contributed by atoms with Gasteiger partial charge in [-0.2, -0.15) is 9.47 Å². The topological polar surface area (TPSA) is 168 Å². The second-order valence-corrected chi connectivity index (χ2v) is 18.5. The van der Waals surface area contributed by atoms with E-state index in [2.05, 4.69) is 71.1 Å². The van der Waals surface area contributed by atoms with Crippen molar-refractivity contribution in [3.8, 4) is 0 Å². The summed E-state index contributed by atoms with van der Waals surface area (Å²) >= 11 is 0.981. The molecule has 0 amide bonds. The Balaban J connectivity index is 1.51. The summed E-state index contributed by atoms with van der Waals surface area (Å²) in [6.45, 7) is 9.89. The smallest absolute Gasteiger partial charge is 0.437 e. The van der Waals surface area contributed by atoms with Crippen molar-refractivity contribution in [2.75, 3.05) is 41.4 Å². The summed E-state index contributed by atoms with van der Waals surface area (Å²) in [5, 5.41) is 19.3. The third-order valence-corrected chi connectivity index (χ3v) is 12.8. The zero-order valence-corrected chi connectivity index (χ0v) is 33.4. The van der Waals surface area contributed by atoms with Gasteiger partial charge < -0.3 is 19.6 Å². The third kappa shape index (κ3) is 9.16. The average Bonchev–Trinajstić information content (AvgIpc) is 3.66. The fourth-order valence-electron chi connectivity index (χ4n) is 7.72. The van der Waals surface area contributed by atoms with Gasteiger partial charge in [-0.05, 0) is 73.9 Å². The van der Waals surface area contributed by atoms with Gasteiger partial charge in [0.05, 0.1) is 10.1 Å². The number of unbranched alkanes of at least 4 members (excludes halogenated alkanes) is 2. The number of benzene rings is 2. The van der Waals surface area contributed by atoms with Crippen LogP contribution in [0.4, 0.5) is 11.4 Å². The van der Waals surface area contributed by atoms with E-state index < -0.39 is 31.5 Å². The van der Waals surface area contributed by atoms with Gasteiger partial charge in [0.1, 0.15) is 0 Å². The summed E-state index contributed by atoms with van der Waals surface area (Å²) in [4.78, 5) is 4.48. The first-order chi connectivity index (χ1) is 25.0. The highest BCUT2D eigenvalue weighted by Gasteiger charge is 2.41.